The van der Waals surface area contributed by atoms with Crippen LogP contribution in [0.15, 0.2) is 18.2 Å². The van der Waals surface area contributed by atoms with Gasteiger partial charge in [-0.1, -0.05) is 12.8 Å². The lowest BCUT2D eigenvalue weighted by molar-refractivity contribution is -0.149. The van der Waals surface area contributed by atoms with Gasteiger partial charge in [0.25, 0.3) is 5.91 Å². The van der Waals surface area contributed by atoms with E-state index in [0.717, 1.165) is 12.8 Å². The highest BCUT2D eigenvalue weighted by molar-refractivity contribution is 5.96. The molecule has 1 aliphatic heterocycles. The topological polar surface area (TPSA) is 114 Å². The van der Waals surface area contributed by atoms with Gasteiger partial charge in [-0.15, -0.1) is 0 Å². The Hall–Kier alpha value is -2.77. The molecule has 0 unspecified atom stereocenters. The zero-order valence-corrected chi connectivity index (χ0v) is 12.9. The molecule has 2 aliphatic rings. The molecule has 1 heterocycles. The van der Waals surface area contributed by atoms with Crippen molar-refractivity contribution in [3.8, 4) is 11.5 Å². The Morgan fingerprint density at radius 3 is 2.46 bits per heavy atom. The smallest absolute Gasteiger partial charge is 0.307 e. The molecule has 24 heavy (non-hydrogen) atoms. The molecule has 3 rings (SSSR count). The number of fused-ring (bicyclic) bond motifs is 1. The minimum absolute atomic E-state index is 0.107. The molecule has 0 radical (unpaired) electrons. The third kappa shape index (κ3) is 3.27. The predicted molar refractivity (Wildman–Crippen MR) is 81.3 cm³/mol. The van der Waals surface area contributed by atoms with E-state index < -0.39 is 29.6 Å². The monoisotopic (exact) mass is 334 g/mol. The first-order chi connectivity index (χ1) is 11.6. The van der Waals surface area contributed by atoms with Gasteiger partial charge < -0.3 is 14.6 Å². The number of nitrogens with one attached hydrogen (secondary N) is 2. The number of amides is 2. The van der Waals surface area contributed by atoms with E-state index in [1.165, 1.54) is 6.07 Å². The zero-order valence-electron chi connectivity index (χ0n) is 12.9. The summed E-state index contributed by atoms with van der Waals surface area (Å²) >= 11 is 0. The van der Waals surface area contributed by atoms with Gasteiger partial charge in [0.05, 0.1) is 11.8 Å². The normalized spacial score (nSPS) is 21.8. The van der Waals surface area contributed by atoms with Gasteiger partial charge in [-0.25, -0.2) is 0 Å². The van der Waals surface area contributed by atoms with Gasteiger partial charge in [-0.3, -0.25) is 25.2 Å². The number of carboxylic acids is 1. The Morgan fingerprint density at radius 1 is 1.00 bits per heavy atom. The van der Waals surface area contributed by atoms with Crippen LogP contribution in [0, 0.1) is 11.8 Å². The predicted octanol–water partition coefficient (Wildman–Crippen LogP) is 1.07. The first-order valence-electron chi connectivity index (χ1n) is 7.79. The van der Waals surface area contributed by atoms with E-state index in [4.69, 9.17) is 9.47 Å². The molecule has 0 spiro atoms. The number of hydrogen-bond acceptors (Lipinski definition) is 5. The van der Waals surface area contributed by atoms with Crippen LogP contribution in [-0.2, 0) is 9.59 Å². The molecular weight excluding hydrogens is 316 g/mol. The summed E-state index contributed by atoms with van der Waals surface area (Å²) in [6.07, 6.45) is 2.58. The Kier molecular flexibility index (Phi) is 4.54. The van der Waals surface area contributed by atoms with Gasteiger partial charge >= 0.3 is 5.97 Å². The van der Waals surface area contributed by atoms with Crippen molar-refractivity contribution in [1.29, 1.82) is 0 Å². The molecular formula is C16H18N2O6. The number of benzene rings is 1. The first kappa shape index (κ1) is 16.1. The third-order valence-corrected chi connectivity index (χ3v) is 4.35. The number of aliphatic carboxylic acids is 1. The van der Waals surface area contributed by atoms with Gasteiger partial charge in [-0.05, 0) is 31.0 Å². The van der Waals surface area contributed by atoms with Crippen molar-refractivity contribution < 1.29 is 29.0 Å². The maximum Gasteiger partial charge on any atom is 0.307 e. The van der Waals surface area contributed by atoms with Crippen molar-refractivity contribution in [3.63, 3.8) is 0 Å². The largest absolute Gasteiger partial charge is 0.481 e. The van der Waals surface area contributed by atoms with E-state index in [1.807, 2.05) is 0 Å². The van der Waals surface area contributed by atoms with E-state index >= 15 is 0 Å². The van der Waals surface area contributed by atoms with E-state index in [-0.39, 0.29) is 6.79 Å². The standard InChI is InChI=1S/C16H18N2O6/c19-14(9-5-6-12-13(7-9)24-8-23-12)17-18-15(20)10-3-1-2-4-11(10)16(21)22/h5-7,10-11H,1-4,8H2,(H,17,19)(H,18,20)(H,21,22)/t10-,11-/m1/s1. The van der Waals surface area contributed by atoms with Crippen LogP contribution >= 0.6 is 0 Å². The molecule has 3 N–H and O–H groups in total. The maximum absolute atomic E-state index is 12.2. The number of hydrazine groups is 1. The molecule has 0 bridgehead atoms. The van der Waals surface area contributed by atoms with Crippen molar-refractivity contribution in [2.45, 2.75) is 25.7 Å². The van der Waals surface area contributed by atoms with Crippen molar-refractivity contribution in [2.24, 2.45) is 11.8 Å². The lowest BCUT2D eigenvalue weighted by atomic mass is 9.79. The fourth-order valence-corrected chi connectivity index (χ4v) is 3.06. The van der Waals surface area contributed by atoms with Gasteiger partial charge in [0.1, 0.15) is 0 Å². The van der Waals surface area contributed by atoms with Crippen molar-refractivity contribution in [3.05, 3.63) is 23.8 Å². The van der Waals surface area contributed by atoms with E-state index in [1.54, 1.807) is 12.1 Å². The molecule has 128 valence electrons. The van der Waals surface area contributed by atoms with Crippen LogP contribution < -0.4 is 20.3 Å². The molecule has 2 atom stereocenters. The Labute approximate surface area is 138 Å². The Balaban J connectivity index is 1.59. The second-order valence-electron chi connectivity index (χ2n) is 5.85. The van der Waals surface area contributed by atoms with Gasteiger partial charge in [0, 0.05) is 5.56 Å². The Morgan fingerprint density at radius 2 is 1.71 bits per heavy atom. The summed E-state index contributed by atoms with van der Waals surface area (Å²) < 4.78 is 10.4. The molecule has 1 aromatic rings. The highest BCUT2D eigenvalue weighted by atomic mass is 16.7. The Bertz CT molecular complexity index is 675. The summed E-state index contributed by atoms with van der Waals surface area (Å²) in [5, 5.41) is 9.21. The number of hydrogen-bond donors (Lipinski definition) is 3. The average Bonchev–Trinajstić information content (AvgIpc) is 3.06. The zero-order chi connectivity index (χ0) is 17.1. The molecule has 0 saturated heterocycles. The summed E-state index contributed by atoms with van der Waals surface area (Å²) in [4.78, 5) is 35.6. The quantitative estimate of drug-likeness (QED) is 0.713. The fourth-order valence-electron chi connectivity index (χ4n) is 3.06. The van der Waals surface area contributed by atoms with Crippen molar-refractivity contribution >= 4 is 17.8 Å². The minimum atomic E-state index is -0.975. The molecule has 8 nitrogen and oxygen atoms in total. The molecule has 1 fully saturated rings. The van der Waals surface area contributed by atoms with Crippen molar-refractivity contribution in [2.75, 3.05) is 6.79 Å². The summed E-state index contributed by atoms with van der Waals surface area (Å²) in [7, 11) is 0. The minimum Gasteiger partial charge on any atom is -0.481 e. The van der Waals surface area contributed by atoms with Crippen LogP contribution in [-0.4, -0.2) is 29.7 Å². The molecule has 1 aliphatic carbocycles. The second kappa shape index (κ2) is 6.77. The SMILES string of the molecule is O=C(NNC(=O)[C@@H]1CCCC[C@H]1C(=O)O)c1ccc2c(c1)OCO2. The van der Waals surface area contributed by atoms with Crippen LogP contribution in [0.25, 0.3) is 0 Å². The van der Waals surface area contributed by atoms with Gasteiger partial charge in [-0.2, -0.15) is 0 Å². The summed E-state index contributed by atoms with van der Waals surface area (Å²) in [6.45, 7) is 0.107. The van der Waals surface area contributed by atoms with Crippen LogP contribution in [0.5, 0.6) is 11.5 Å². The van der Waals surface area contributed by atoms with Crippen LogP contribution in [0.2, 0.25) is 0 Å². The maximum atomic E-state index is 12.2. The average molecular weight is 334 g/mol. The van der Waals surface area contributed by atoms with Gasteiger partial charge in [0.15, 0.2) is 11.5 Å². The highest BCUT2D eigenvalue weighted by Crippen LogP contribution is 2.32. The molecule has 1 saturated carbocycles. The number of rotatable bonds is 3. The summed E-state index contributed by atoms with van der Waals surface area (Å²) in [5.74, 6) is -2.28. The lowest BCUT2D eigenvalue weighted by Gasteiger charge is -2.27. The molecule has 8 heteroatoms. The second-order valence-corrected chi connectivity index (χ2v) is 5.85. The fraction of sp³-hybridized carbons (Fsp3) is 0.438. The third-order valence-electron chi connectivity index (χ3n) is 4.35. The van der Waals surface area contributed by atoms with E-state index in [2.05, 4.69) is 10.9 Å². The summed E-state index contributed by atoms with van der Waals surface area (Å²) in [5.41, 5.74) is 4.95. The van der Waals surface area contributed by atoms with E-state index in [0.29, 0.717) is 29.9 Å². The number of carbonyl (C=O) groups is 3. The number of carbonyl (C=O) groups excluding carboxylic acids is 2. The molecule has 1 aromatic carbocycles. The van der Waals surface area contributed by atoms with E-state index in [9.17, 15) is 19.5 Å². The van der Waals surface area contributed by atoms with Gasteiger partial charge in [0.2, 0.25) is 12.7 Å². The first-order valence-corrected chi connectivity index (χ1v) is 7.79. The molecule has 2 amide bonds. The molecule has 0 aromatic heterocycles. The summed E-state index contributed by atoms with van der Waals surface area (Å²) in [6, 6.07) is 4.68. The van der Waals surface area contributed by atoms with Crippen molar-refractivity contribution in [1.82, 2.24) is 10.9 Å². The van der Waals surface area contributed by atoms with Crippen LogP contribution in [0.1, 0.15) is 36.0 Å². The van der Waals surface area contributed by atoms with Crippen LogP contribution in [0.4, 0.5) is 0 Å². The number of ether oxygens (including phenoxy) is 2. The van der Waals surface area contributed by atoms with Crippen LogP contribution in [0.3, 0.4) is 0 Å². The highest BCUT2D eigenvalue weighted by Gasteiger charge is 2.35. The lowest BCUT2D eigenvalue weighted by Crippen LogP contribution is -2.47. The number of carboxylic acid groups (broad SMARTS) is 1.